The molecule has 1 aliphatic heterocycles. The van der Waals surface area contributed by atoms with Crippen molar-refractivity contribution in [1.82, 2.24) is 4.90 Å². The Morgan fingerprint density at radius 1 is 1.22 bits per heavy atom. The maximum Gasteiger partial charge on any atom is 0.490 e. The van der Waals surface area contributed by atoms with E-state index in [0.717, 1.165) is 25.9 Å². The quantitative estimate of drug-likeness (QED) is 0.794. The molecular formula is C10H16F3NO4. The number of halogens is 3. The zero-order valence-electron chi connectivity index (χ0n) is 10.00. The second-order valence-electron chi connectivity index (χ2n) is 3.55. The van der Waals surface area contributed by atoms with Gasteiger partial charge >= 0.3 is 18.2 Å². The summed E-state index contributed by atoms with van der Waals surface area (Å²) in [7, 11) is 0. The van der Waals surface area contributed by atoms with E-state index in [1.54, 1.807) is 4.90 Å². The molecule has 18 heavy (non-hydrogen) atoms. The fourth-order valence-electron chi connectivity index (χ4n) is 1.29. The van der Waals surface area contributed by atoms with Crippen molar-refractivity contribution in [1.29, 1.82) is 0 Å². The molecule has 0 aromatic heterocycles. The average molecular weight is 271 g/mol. The molecule has 8 heteroatoms. The fraction of sp³-hybridized carbons (Fsp3) is 0.800. The number of hydrogen-bond donors (Lipinski definition) is 1. The number of carbonyl (C=O) groups is 2. The molecule has 1 aliphatic rings. The first kappa shape index (κ1) is 16.5. The van der Waals surface area contributed by atoms with Crippen LogP contribution in [0.3, 0.4) is 0 Å². The highest BCUT2D eigenvalue weighted by Crippen LogP contribution is 2.13. The predicted octanol–water partition coefficient (Wildman–Crippen LogP) is 2.26. The highest BCUT2D eigenvalue weighted by molar-refractivity contribution is 5.73. The van der Waals surface area contributed by atoms with Gasteiger partial charge in [0, 0.05) is 13.1 Å². The molecule has 0 saturated carbocycles. The molecule has 0 atom stereocenters. The van der Waals surface area contributed by atoms with Gasteiger partial charge in [0.1, 0.15) is 0 Å². The van der Waals surface area contributed by atoms with Crippen LogP contribution in [0.5, 0.6) is 0 Å². The molecule has 0 aromatic carbocycles. The lowest BCUT2D eigenvalue weighted by Gasteiger charge is -2.25. The van der Waals surface area contributed by atoms with E-state index >= 15 is 0 Å². The minimum atomic E-state index is -5.08. The first-order valence-electron chi connectivity index (χ1n) is 5.50. The summed E-state index contributed by atoms with van der Waals surface area (Å²) in [6.45, 7) is 4.06. The summed E-state index contributed by atoms with van der Waals surface area (Å²) >= 11 is 0. The molecule has 0 bridgehead atoms. The van der Waals surface area contributed by atoms with Gasteiger partial charge in [0.15, 0.2) is 0 Å². The van der Waals surface area contributed by atoms with Gasteiger partial charge < -0.3 is 14.7 Å². The zero-order valence-corrected chi connectivity index (χ0v) is 10.00. The molecule has 1 fully saturated rings. The van der Waals surface area contributed by atoms with Gasteiger partial charge in [0.05, 0.1) is 6.61 Å². The van der Waals surface area contributed by atoms with E-state index in [-0.39, 0.29) is 6.09 Å². The van der Waals surface area contributed by atoms with E-state index in [2.05, 4.69) is 0 Å². The summed E-state index contributed by atoms with van der Waals surface area (Å²) in [5.74, 6) is -2.76. The van der Waals surface area contributed by atoms with Gasteiger partial charge in [-0.15, -0.1) is 0 Å². The first-order valence-corrected chi connectivity index (χ1v) is 5.50. The number of hydrogen-bond acceptors (Lipinski definition) is 3. The van der Waals surface area contributed by atoms with Gasteiger partial charge in [0.2, 0.25) is 0 Å². The maximum atomic E-state index is 11.1. The number of carboxylic acids is 1. The lowest BCUT2D eigenvalue weighted by Crippen LogP contribution is -2.35. The van der Waals surface area contributed by atoms with E-state index in [4.69, 9.17) is 14.6 Å². The molecule has 0 spiro atoms. The Morgan fingerprint density at radius 2 is 1.67 bits per heavy atom. The molecule has 1 N–H and O–H groups in total. The molecule has 0 radical (unpaired) electrons. The van der Waals surface area contributed by atoms with Crippen molar-refractivity contribution in [2.75, 3.05) is 19.7 Å². The number of nitrogens with zero attached hydrogens (tertiary/aromatic N) is 1. The van der Waals surface area contributed by atoms with Crippen molar-refractivity contribution >= 4 is 12.1 Å². The summed E-state index contributed by atoms with van der Waals surface area (Å²) in [6, 6.07) is 0. The van der Waals surface area contributed by atoms with Gasteiger partial charge in [-0.3, -0.25) is 0 Å². The van der Waals surface area contributed by atoms with Crippen molar-refractivity contribution in [3.8, 4) is 0 Å². The Morgan fingerprint density at radius 3 is 2.00 bits per heavy atom. The molecule has 1 rings (SSSR count). The number of aliphatic carboxylic acids is 1. The van der Waals surface area contributed by atoms with Gasteiger partial charge in [-0.05, 0) is 26.2 Å². The Bertz CT molecular complexity index is 275. The van der Waals surface area contributed by atoms with Crippen LogP contribution in [-0.4, -0.2) is 47.9 Å². The number of alkyl halides is 3. The van der Waals surface area contributed by atoms with Gasteiger partial charge in [-0.2, -0.15) is 13.2 Å². The van der Waals surface area contributed by atoms with Crippen LogP contribution in [0, 0.1) is 0 Å². The van der Waals surface area contributed by atoms with Crippen molar-refractivity contribution in [3.63, 3.8) is 0 Å². The van der Waals surface area contributed by atoms with Crippen LogP contribution in [0.15, 0.2) is 0 Å². The largest absolute Gasteiger partial charge is 0.490 e. The second kappa shape index (κ2) is 7.78. The van der Waals surface area contributed by atoms with E-state index < -0.39 is 12.1 Å². The van der Waals surface area contributed by atoms with Crippen LogP contribution in [0.1, 0.15) is 26.2 Å². The number of piperidine rings is 1. The summed E-state index contributed by atoms with van der Waals surface area (Å²) in [6.07, 6.45) is -1.74. The second-order valence-corrected chi connectivity index (χ2v) is 3.55. The third-order valence-corrected chi connectivity index (χ3v) is 2.12. The highest BCUT2D eigenvalue weighted by Gasteiger charge is 2.38. The third kappa shape index (κ3) is 6.97. The number of amides is 1. The molecule has 0 aliphatic carbocycles. The normalized spacial score (nSPS) is 15.4. The number of carboxylic acid groups (broad SMARTS) is 1. The van der Waals surface area contributed by atoms with E-state index in [9.17, 15) is 18.0 Å². The first-order chi connectivity index (χ1) is 8.29. The smallest absolute Gasteiger partial charge is 0.475 e. The van der Waals surface area contributed by atoms with Crippen LogP contribution in [-0.2, 0) is 9.53 Å². The summed E-state index contributed by atoms with van der Waals surface area (Å²) in [5, 5.41) is 7.12. The van der Waals surface area contributed by atoms with Crippen LogP contribution in [0.2, 0.25) is 0 Å². The third-order valence-electron chi connectivity index (χ3n) is 2.12. The maximum absolute atomic E-state index is 11.1. The fourth-order valence-corrected chi connectivity index (χ4v) is 1.29. The van der Waals surface area contributed by atoms with E-state index in [1.807, 2.05) is 6.92 Å². The summed E-state index contributed by atoms with van der Waals surface area (Å²) in [5.41, 5.74) is 0. The number of ether oxygens (including phenoxy) is 1. The SMILES string of the molecule is CCOC(=O)N1CCCCC1.O=C(O)C(F)(F)F. The van der Waals surface area contributed by atoms with Crippen molar-refractivity contribution < 1.29 is 32.6 Å². The lowest BCUT2D eigenvalue weighted by molar-refractivity contribution is -0.192. The Labute approximate surface area is 103 Å². The molecule has 0 aromatic rings. The lowest BCUT2D eigenvalue weighted by atomic mass is 10.1. The Hall–Kier alpha value is -1.47. The number of likely N-dealkylation sites (tertiary alicyclic amines) is 1. The van der Waals surface area contributed by atoms with Gasteiger partial charge in [0.25, 0.3) is 0 Å². The van der Waals surface area contributed by atoms with E-state index in [1.165, 1.54) is 6.42 Å². The Kier molecular flexibility index (Phi) is 7.14. The Balaban J connectivity index is 0.000000360. The van der Waals surface area contributed by atoms with Crippen LogP contribution in [0.25, 0.3) is 0 Å². The van der Waals surface area contributed by atoms with Gasteiger partial charge in [-0.25, -0.2) is 9.59 Å². The average Bonchev–Trinajstić information content (AvgIpc) is 2.30. The highest BCUT2D eigenvalue weighted by atomic mass is 19.4. The summed E-state index contributed by atoms with van der Waals surface area (Å²) < 4.78 is 36.6. The predicted molar refractivity (Wildman–Crippen MR) is 56.1 cm³/mol. The minimum absolute atomic E-state index is 0.146. The number of carbonyl (C=O) groups excluding carboxylic acids is 1. The monoisotopic (exact) mass is 271 g/mol. The van der Waals surface area contributed by atoms with Crippen molar-refractivity contribution in [2.45, 2.75) is 32.4 Å². The molecule has 5 nitrogen and oxygen atoms in total. The van der Waals surface area contributed by atoms with Crippen molar-refractivity contribution in [2.24, 2.45) is 0 Å². The number of rotatable bonds is 1. The molecule has 1 amide bonds. The topological polar surface area (TPSA) is 66.8 Å². The minimum Gasteiger partial charge on any atom is -0.475 e. The zero-order chi connectivity index (χ0) is 14.2. The molecule has 1 saturated heterocycles. The van der Waals surface area contributed by atoms with Crippen molar-refractivity contribution in [3.05, 3.63) is 0 Å². The van der Waals surface area contributed by atoms with E-state index in [0.29, 0.717) is 6.61 Å². The van der Waals surface area contributed by atoms with Crippen LogP contribution in [0.4, 0.5) is 18.0 Å². The molecule has 106 valence electrons. The van der Waals surface area contributed by atoms with Crippen LogP contribution >= 0.6 is 0 Å². The standard InChI is InChI=1S/C8H15NO2.C2HF3O2/c1-2-11-8(10)9-6-4-3-5-7-9;3-2(4,5)1(6)7/h2-7H2,1H3;(H,6,7). The molecule has 0 unspecified atom stereocenters. The molecule has 1 heterocycles. The van der Waals surface area contributed by atoms with Gasteiger partial charge in [-0.1, -0.05) is 0 Å². The van der Waals surface area contributed by atoms with Crippen LogP contribution < -0.4 is 0 Å². The summed E-state index contributed by atoms with van der Waals surface area (Å²) in [4.78, 5) is 21.8. The molecular weight excluding hydrogens is 255 g/mol.